The van der Waals surface area contributed by atoms with E-state index in [-0.39, 0.29) is 12.4 Å². The van der Waals surface area contributed by atoms with E-state index in [1.165, 1.54) is 9.79 Å². The van der Waals surface area contributed by atoms with Crippen molar-refractivity contribution in [3.05, 3.63) is 48.5 Å². The number of benzene rings is 2. The first-order valence-corrected chi connectivity index (χ1v) is 5.44. The summed E-state index contributed by atoms with van der Waals surface area (Å²) in [5.41, 5.74) is 12.8. The van der Waals surface area contributed by atoms with Crippen molar-refractivity contribution in [2.24, 2.45) is 0 Å². The second-order valence-corrected chi connectivity index (χ2v) is 4.39. The lowest BCUT2D eigenvalue weighted by molar-refractivity contribution is 1.41. The Morgan fingerprint density at radius 3 is 1.25 bits per heavy atom. The molecule has 2 aromatic rings. The third-order valence-electron chi connectivity index (χ3n) is 2.00. The molecule has 0 aliphatic rings. The van der Waals surface area contributed by atoms with Gasteiger partial charge in [-0.2, -0.15) is 0 Å². The molecule has 0 radical (unpaired) electrons. The van der Waals surface area contributed by atoms with Gasteiger partial charge >= 0.3 is 0 Å². The van der Waals surface area contributed by atoms with Gasteiger partial charge in [0.2, 0.25) is 0 Å². The molecule has 0 unspecified atom stereocenters. The standard InChI is InChI=1S/C12H12N2S.ClH/c13-9-1-5-11(6-2-9)15-12-7-3-10(14)4-8-12;/h1-8H,13-14H2;1H. The molecule has 16 heavy (non-hydrogen) atoms. The molecule has 0 amide bonds. The van der Waals surface area contributed by atoms with Crippen molar-refractivity contribution in [3.63, 3.8) is 0 Å². The number of hydrogen-bond donors (Lipinski definition) is 2. The Morgan fingerprint density at radius 1 is 0.625 bits per heavy atom. The molecule has 0 fully saturated rings. The van der Waals surface area contributed by atoms with E-state index in [2.05, 4.69) is 0 Å². The summed E-state index contributed by atoms with van der Waals surface area (Å²) < 4.78 is 0. The predicted octanol–water partition coefficient (Wildman–Crippen LogP) is 3.42. The van der Waals surface area contributed by atoms with Crippen molar-refractivity contribution < 1.29 is 0 Å². The minimum absolute atomic E-state index is 0. The van der Waals surface area contributed by atoms with E-state index in [9.17, 15) is 0 Å². The maximum atomic E-state index is 5.61. The molecule has 0 saturated heterocycles. The number of anilines is 2. The van der Waals surface area contributed by atoms with Crippen LogP contribution < -0.4 is 11.5 Å². The van der Waals surface area contributed by atoms with E-state index < -0.39 is 0 Å². The second-order valence-electron chi connectivity index (χ2n) is 3.24. The monoisotopic (exact) mass is 252 g/mol. The highest BCUT2D eigenvalue weighted by Crippen LogP contribution is 2.28. The van der Waals surface area contributed by atoms with Crippen LogP contribution in [0.25, 0.3) is 0 Å². The van der Waals surface area contributed by atoms with Crippen molar-refractivity contribution in [3.8, 4) is 0 Å². The van der Waals surface area contributed by atoms with Crippen LogP contribution in [0.5, 0.6) is 0 Å². The van der Waals surface area contributed by atoms with Gasteiger partial charge in [0, 0.05) is 21.2 Å². The largest absolute Gasteiger partial charge is 0.399 e. The summed E-state index contributed by atoms with van der Waals surface area (Å²) in [6, 6.07) is 15.7. The van der Waals surface area contributed by atoms with Crippen LogP contribution in [-0.2, 0) is 0 Å². The number of rotatable bonds is 2. The van der Waals surface area contributed by atoms with Crippen molar-refractivity contribution in [1.29, 1.82) is 0 Å². The van der Waals surface area contributed by atoms with Gasteiger partial charge < -0.3 is 11.5 Å². The molecule has 2 aromatic carbocycles. The number of halogens is 1. The normalized spacial score (nSPS) is 9.50. The highest BCUT2D eigenvalue weighted by molar-refractivity contribution is 7.99. The summed E-state index contributed by atoms with van der Waals surface area (Å²) in [6.45, 7) is 0. The number of nitrogen functional groups attached to an aromatic ring is 2. The zero-order valence-corrected chi connectivity index (χ0v) is 10.2. The van der Waals surface area contributed by atoms with Crippen LogP contribution in [0.15, 0.2) is 58.3 Å². The first kappa shape index (κ1) is 12.7. The van der Waals surface area contributed by atoms with Gasteiger partial charge in [-0.15, -0.1) is 12.4 Å². The lowest BCUT2D eigenvalue weighted by atomic mass is 10.3. The summed E-state index contributed by atoms with van der Waals surface area (Å²) in [5.74, 6) is 0. The Hall–Kier alpha value is -1.32. The molecule has 0 heterocycles. The van der Waals surface area contributed by atoms with Crippen molar-refractivity contribution >= 4 is 35.5 Å². The summed E-state index contributed by atoms with van der Waals surface area (Å²) in [6.07, 6.45) is 0. The Morgan fingerprint density at radius 2 is 0.938 bits per heavy atom. The molecule has 0 aromatic heterocycles. The zero-order chi connectivity index (χ0) is 10.7. The maximum absolute atomic E-state index is 5.61. The summed E-state index contributed by atoms with van der Waals surface area (Å²) >= 11 is 1.69. The highest BCUT2D eigenvalue weighted by atomic mass is 35.5. The average molecular weight is 253 g/mol. The van der Waals surface area contributed by atoms with Crippen LogP contribution in [0, 0.1) is 0 Å². The fourth-order valence-electron chi connectivity index (χ4n) is 1.21. The average Bonchev–Trinajstić information content (AvgIpc) is 2.25. The van der Waals surface area contributed by atoms with E-state index in [0.29, 0.717) is 0 Å². The van der Waals surface area contributed by atoms with E-state index in [0.717, 1.165) is 11.4 Å². The molecule has 84 valence electrons. The lowest BCUT2D eigenvalue weighted by Crippen LogP contribution is -1.83. The Bertz CT molecular complexity index is 396. The maximum Gasteiger partial charge on any atom is 0.0314 e. The minimum atomic E-state index is 0. The highest BCUT2D eigenvalue weighted by Gasteiger charge is 1.96. The summed E-state index contributed by atoms with van der Waals surface area (Å²) in [7, 11) is 0. The molecule has 0 spiro atoms. The van der Waals surface area contributed by atoms with Gasteiger partial charge in [-0.3, -0.25) is 0 Å². The van der Waals surface area contributed by atoms with E-state index >= 15 is 0 Å². The van der Waals surface area contributed by atoms with Gasteiger partial charge in [0.25, 0.3) is 0 Å². The Kier molecular flexibility index (Phi) is 4.52. The molecule has 0 atom stereocenters. The van der Waals surface area contributed by atoms with Gasteiger partial charge in [0.15, 0.2) is 0 Å². The molecule has 0 aliphatic heterocycles. The molecule has 0 saturated carbocycles. The van der Waals surface area contributed by atoms with E-state index in [1.54, 1.807) is 11.8 Å². The van der Waals surface area contributed by atoms with Crippen LogP contribution in [0.1, 0.15) is 0 Å². The Labute approximate surface area is 105 Å². The molecule has 2 nitrogen and oxygen atoms in total. The molecule has 4 N–H and O–H groups in total. The smallest absolute Gasteiger partial charge is 0.0314 e. The summed E-state index contributed by atoms with van der Waals surface area (Å²) in [5, 5.41) is 0. The third kappa shape index (κ3) is 3.36. The number of hydrogen-bond acceptors (Lipinski definition) is 3. The second kappa shape index (κ2) is 5.68. The van der Waals surface area contributed by atoms with Crippen LogP contribution >= 0.6 is 24.2 Å². The van der Waals surface area contributed by atoms with Crippen LogP contribution in [0.2, 0.25) is 0 Å². The first-order chi connectivity index (χ1) is 7.24. The van der Waals surface area contributed by atoms with Crippen LogP contribution in [-0.4, -0.2) is 0 Å². The Balaban J connectivity index is 0.00000128. The van der Waals surface area contributed by atoms with Gasteiger partial charge in [-0.05, 0) is 48.5 Å². The van der Waals surface area contributed by atoms with Gasteiger partial charge in [0.1, 0.15) is 0 Å². The molecular weight excluding hydrogens is 240 g/mol. The quantitative estimate of drug-likeness (QED) is 0.806. The van der Waals surface area contributed by atoms with Crippen molar-refractivity contribution in [2.75, 3.05) is 11.5 Å². The fraction of sp³-hybridized carbons (Fsp3) is 0. The summed E-state index contributed by atoms with van der Waals surface area (Å²) in [4.78, 5) is 2.35. The predicted molar refractivity (Wildman–Crippen MR) is 73.1 cm³/mol. The van der Waals surface area contributed by atoms with Gasteiger partial charge in [-0.25, -0.2) is 0 Å². The van der Waals surface area contributed by atoms with E-state index in [1.807, 2.05) is 48.5 Å². The van der Waals surface area contributed by atoms with Gasteiger partial charge in [0.05, 0.1) is 0 Å². The SMILES string of the molecule is Cl.Nc1ccc(Sc2ccc(N)cc2)cc1. The molecule has 2 rings (SSSR count). The van der Waals surface area contributed by atoms with E-state index in [4.69, 9.17) is 11.5 Å². The molecule has 4 heteroatoms. The molecular formula is C12H13ClN2S. The number of nitrogens with two attached hydrogens (primary N) is 2. The fourth-order valence-corrected chi connectivity index (χ4v) is 2.02. The lowest BCUT2D eigenvalue weighted by Gasteiger charge is -2.02. The minimum Gasteiger partial charge on any atom is -0.399 e. The van der Waals surface area contributed by atoms with Gasteiger partial charge in [-0.1, -0.05) is 11.8 Å². The first-order valence-electron chi connectivity index (χ1n) is 4.63. The molecule has 0 aliphatic carbocycles. The van der Waals surface area contributed by atoms with Crippen molar-refractivity contribution in [1.82, 2.24) is 0 Å². The topological polar surface area (TPSA) is 52.0 Å². The third-order valence-corrected chi connectivity index (χ3v) is 3.01. The zero-order valence-electron chi connectivity index (χ0n) is 8.59. The molecule has 0 bridgehead atoms. The van der Waals surface area contributed by atoms with Crippen LogP contribution in [0.3, 0.4) is 0 Å². The van der Waals surface area contributed by atoms with Crippen molar-refractivity contribution in [2.45, 2.75) is 9.79 Å². The van der Waals surface area contributed by atoms with Crippen LogP contribution in [0.4, 0.5) is 11.4 Å².